The molecule has 1 N–H and O–H groups in total. The Hall–Kier alpha value is -2.02. The number of carbonyl (C=O) groups is 1. The van der Waals surface area contributed by atoms with E-state index in [1.165, 1.54) is 11.6 Å². The number of nitrogens with one attached hydrogen (secondary N) is 1. The zero-order valence-corrected chi connectivity index (χ0v) is 18.2. The van der Waals surface area contributed by atoms with Gasteiger partial charge in [-0.2, -0.15) is 0 Å². The van der Waals surface area contributed by atoms with Gasteiger partial charge in [0.05, 0.1) is 5.52 Å². The predicted octanol–water partition coefficient (Wildman–Crippen LogP) is 6.28. The van der Waals surface area contributed by atoms with E-state index in [0.717, 1.165) is 52.3 Å². The Labute approximate surface area is 183 Å². The van der Waals surface area contributed by atoms with Crippen LogP contribution in [0.3, 0.4) is 0 Å². The average Bonchev–Trinajstić information content (AvgIpc) is 3.43. The van der Waals surface area contributed by atoms with Gasteiger partial charge in [0.15, 0.2) is 0 Å². The smallest absolute Gasteiger partial charge is 0.228 e. The van der Waals surface area contributed by atoms with Gasteiger partial charge in [-0.25, -0.2) is 4.39 Å². The lowest BCUT2D eigenvalue weighted by Gasteiger charge is -2.30. The zero-order valence-electron chi connectivity index (χ0n) is 16.0. The number of hydrogen-bond acceptors (Lipinski definition) is 2. The van der Waals surface area contributed by atoms with E-state index in [4.69, 9.17) is 0 Å². The number of fused-ring (bicyclic) bond motifs is 1. The summed E-state index contributed by atoms with van der Waals surface area (Å²) in [4.78, 5) is 17.1. The molecule has 3 aromatic rings. The predicted molar refractivity (Wildman–Crippen MR) is 121 cm³/mol. The summed E-state index contributed by atoms with van der Waals surface area (Å²) in [5.41, 5.74) is 3.09. The second-order valence-corrected chi connectivity index (χ2v) is 9.70. The third-order valence-corrected chi connectivity index (χ3v) is 7.50. The largest absolute Gasteiger partial charge is 0.326 e. The molecule has 2 saturated carbocycles. The number of aromatic nitrogens is 1. The van der Waals surface area contributed by atoms with Crippen LogP contribution >= 0.6 is 22.6 Å². The van der Waals surface area contributed by atoms with Gasteiger partial charge >= 0.3 is 0 Å². The molecule has 2 fully saturated rings. The average molecular weight is 500 g/mol. The van der Waals surface area contributed by atoms with Crippen molar-refractivity contribution in [1.82, 2.24) is 4.98 Å². The lowest BCUT2D eigenvalue weighted by Crippen LogP contribution is -2.22. The standard InChI is InChI=1S/C24H22FIN2O/c25-16-1-6-22-20(13-16)19(9-12-27-22)15-7-10-24(11-8-15)14-21(24)23(29)28-18-4-2-17(26)3-5-18/h1-6,9,12-13,15,21H,7-8,10-11,14H2,(H,28,29)/t15?,21-,24?/m1/s1. The molecule has 1 spiro atoms. The summed E-state index contributed by atoms with van der Waals surface area (Å²) >= 11 is 2.26. The first-order chi connectivity index (χ1) is 14.0. The van der Waals surface area contributed by atoms with Gasteiger partial charge in [-0.1, -0.05) is 0 Å². The van der Waals surface area contributed by atoms with E-state index in [1.54, 1.807) is 12.1 Å². The number of hydrogen-bond donors (Lipinski definition) is 1. The number of nitrogens with zero attached hydrogens (tertiary/aromatic N) is 1. The molecule has 29 heavy (non-hydrogen) atoms. The summed E-state index contributed by atoms with van der Waals surface area (Å²) in [6.45, 7) is 0. The van der Waals surface area contributed by atoms with E-state index in [2.05, 4.69) is 32.9 Å². The molecule has 2 aliphatic carbocycles. The maximum atomic E-state index is 13.8. The van der Waals surface area contributed by atoms with Crippen LogP contribution < -0.4 is 5.32 Å². The number of pyridine rings is 1. The van der Waals surface area contributed by atoms with Gasteiger partial charge in [0.25, 0.3) is 0 Å². The van der Waals surface area contributed by atoms with Crippen molar-refractivity contribution >= 4 is 45.1 Å². The first kappa shape index (κ1) is 19.0. The lowest BCUT2D eigenvalue weighted by molar-refractivity contribution is -0.118. The molecule has 1 amide bonds. The molecule has 0 unspecified atom stereocenters. The number of halogens is 2. The fourth-order valence-electron chi connectivity index (χ4n) is 5.03. The molecule has 2 aliphatic rings. The normalized spacial score (nSPS) is 25.9. The maximum Gasteiger partial charge on any atom is 0.228 e. The van der Waals surface area contributed by atoms with E-state index in [0.29, 0.717) is 5.92 Å². The number of rotatable bonds is 3. The Morgan fingerprint density at radius 3 is 2.62 bits per heavy atom. The van der Waals surface area contributed by atoms with Crippen LogP contribution in [-0.2, 0) is 4.79 Å². The third kappa shape index (κ3) is 3.65. The summed E-state index contributed by atoms with van der Waals surface area (Å²) in [5, 5.41) is 4.01. The molecule has 5 rings (SSSR count). The minimum atomic E-state index is -0.214. The van der Waals surface area contributed by atoms with Crippen molar-refractivity contribution in [1.29, 1.82) is 0 Å². The van der Waals surface area contributed by atoms with Crippen molar-refractivity contribution in [3.05, 3.63) is 69.7 Å². The van der Waals surface area contributed by atoms with Gasteiger partial charge in [0.2, 0.25) is 5.91 Å². The van der Waals surface area contributed by atoms with Gasteiger partial charge in [-0.05, 0) is 120 Å². The van der Waals surface area contributed by atoms with Crippen LogP contribution in [0.25, 0.3) is 10.9 Å². The van der Waals surface area contributed by atoms with Gasteiger partial charge in [-0.15, -0.1) is 0 Å². The molecule has 1 heterocycles. The minimum absolute atomic E-state index is 0.120. The summed E-state index contributed by atoms with van der Waals surface area (Å²) < 4.78 is 14.9. The van der Waals surface area contributed by atoms with E-state index in [9.17, 15) is 9.18 Å². The van der Waals surface area contributed by atoms with Crippen LogP contribution in [0.5, 0.6) is 0 Å². The van der Waals surface area contributed by atoms with E-state index >= 15 is 0 Å². The molecule has 0 saturated heterocycles. The topological polar surface area (TPSA) is 42.0 Å². The number of anilines is 1. The van der Waals surface area contributed by atoms with Crippen LogP contribution in [-0.4, -0.2) is 10.9 Å². The first-order valence-electron chi connectivity index (χ1n) is 10.1. The van der Waals surface area contributed by atoms with Gasteiger partial charge in [0, 0.05) is 26.8 Å². The Morgan fingerprint density at radius 2 is 1.86 bits per heavy atom. The zero-order chi connectivity index (χ0) is 20.0. The Balaban J connectivity index is 1.26. The number of benzene rings is 2. The Kier molecular flexibility index (Phi) is 4.81. The highest BCUT2D eigenvalue weighted by atomic mass is 127. The fourth-order valence-corrected chi connectivity index (χ4v) is 5.39. The highest BCUT2D eigenvalue weighted by Gasteiger charge is 2.58. The molecule has 0 bridgehead atoms. The summed E-state index contributed by atoms with van der Waals surface area (Å²) in [7, 11) is 0. The summed E-state index contributed by atoms with van der Waals surface area (Å²) in [5.74, 6) is 0.470. The Morgan fingerprint density at radius 1 is 1.10 bits per heavy atom. The highest BCUT2D eigenvalue weighted by molar-refractivity contribution is 14.1. The van der Waals surface area contributed by atoms with Crippen LogP contribution in [0.1, 0.15) is 43.6 Å². The van der Waals surface area contributed by atoms with Crippen molar-refractivity contribution < 1.29 is 9.18 Å². The maximum absolute atomic E-state index is 13.8. The van der Waals surface area contributed by atoms with E-state index in [1.807, 2.05) is 36.5 Å². The molecular formula is C24H22FIN2O. The molecule has 0 radical (unpaired) electrons. The summed E-state index contributed by atoms with van der Waals surface area (Å²) in [6.07, 6.45) is 7.02. The monoisotopic (exact) mass is 500 g/mol. The second-order valence-electron chi connectivity index (χ2n) is 8.45. The molecular weight excluding hydrogens is 478 g/mol. The fraction of sp³-hybridized carbons (Fsp3) is 0.333. The molecule has 2 aromatic carbocycles. The van der Waals surface area contributed by atoms with E-state index in [-0.39, 0.29) is 23.1 Å². The van der Waals surface area contributed by atoms with Crippen LogP contribution in [0.4, 0.5) is 10.1 Å². The van der Waals surface area contributed by atoms with Crippen LogP contribution in [0.2, 0.25) is 0 Å². The SMILES string of the molecule is O=C(Nc1ccc(I)cc1)[C@H]1CC12CCC(c1ccnc3ccc(F)cc13)CC2. The van der Waals surface area contributed by atoms with E-state index < -0.39 is 0 Å². The van der Waals surface area contributed by atoms with Crippen LogP contribution in [0, 0.1) is 20.7 Å². The Bertz CT molecular complexity index is 1070. The molecule has 0 aliphatic heterocycles. The van der Waals surface area contributed by atoms with Crippen molar-refractivity contribution in [3.8, 4) is 0 Å². The summed E-state index contributed by atoms with van der Waals surface area (Å²) in [6, 6.07) is 14.8. The van der Waals surface area contributed by atoms with Crippen molar-refractivity contribution in [3.63, 3.8) is 0 Å². The molecule has 1 aromatic heterocycles. The van der Waals surface area contributed by atoms with Crippen LogP contribution in [0.15, 0.2) is 54.7 Å². The van der Waals surface area contributed by atoms with Crippen molar-refractivity contribution in [2.45, 2.75) is 38.0 Å². The van der Waals surface area contributed by atoms with Crippen molar-refractivity contribution in [2.75, 3.05) is 5.32 Å². The van der Waals surface area contributed by atoms with Gasteiger partial charge < -0.3 is 5.32 Å². The lowest BCUT2D eigenvalue weighted by atomic mass is 9.75. The molecule has 3 nitrogen and oxygen atoms in total. The third-order valence-electron chi connectivity index (χ3n) is 6.78. The number of amides is 1. The van der Waals surface area contributed by atoms with Gasteiger partial charge in [-0.3, -0.25) is 9.78 Å². The molecule has 1 atom stereocenters. The molecule has 5 heteroatoms. The minimum Gasteiger partial charge on any atom is -0.326 e. The van der Waals surface area contributed by atoms with Gasteiger partial charge in [0.1, 0.15) is 5.82 Å². The molecule has 148 valence electrons. The number of carbonyl (C=O) groups excluding carboxylic acids is 1. The quantitative estimate of drug-likeness (QED) is 0.430. The highest BCUT2D eigenvalue weighted by Crippen LogP contribution is 2.63. The second kappa shape index (κ2) is 7.35. The van der Waals surface area contributed by atoms with Crippen molar-refractivity contribution in [2.24, 2.45) is 11.3 Å². The first-order valence-corrected chi connectivity index (χ1v) is 11.2.